The van der Waals surface area contributed by atoms with Crippen LogP contribution in [0.5, 0.6) is 11.5 Å². The highest BCUT2D eigenvalue weighted by molar-refractivity contribution is 5.95. The second kappa shape index (κ2) is 9.55. The van der Waals surface area contributed by atoms with Gasteiger partial charge in [0.05, 0.1) is 26.9 Å². The van der Waals surface area contributed by atoms with Gasteiger partial charge in [-0.15, -0.1) is 0 Å². The summed E-state index contributed by atoms with van der Waals surface area (Å²) in [5.41, 5.74) is 1.09. The number of imidazole rings is 1. The van der Waals surface area contributed by atoms with Gasteiger partial charge in [0.15, 0.2) is 0 Å². The van der Waals surface area contributed by atoms with E-state index in [2.05, 4.69) is 9.97 Å². The second-order valence-corrected chi connectivity index (χ2v) is 6.33. The van der Waals surface area contributed by atoms with Crippen LogP contribution in [-0.2, 0) is 16.1 Å². The number of aromatic nitrogens is 3. The van der Waals surface area contributed by atoms with Gasteiger partial charge in [0.25, 0.3) is 5.91 Å². The molecule has 1 aromatic carbocycles. The zero-order valence-electron chi connectivity index (χ0n) is 16.9. The first kappa shape index (κ1) is 20.8. The van der Waals surface area contributed by atoms with Crippen molar-refractivity contribution >= 4 is 11.9 Å². The molecule has 156 valence electrons. The maximum absolute atomic E-state index is 13.1. The van der Waals surface area contributed by atoms with Crippen molar-refractivity contribution in [3.8, 4) is 17.3 Å². The van der Waals surface area contributed by atoms with Gasteiger partial charge in [-0.1, -0.05) is 0 Å². The van der Waals surface area contributed by atoms with Gasteiger partial charge in [-0.2, -0.15) is 0 Å². The number of hydrogen-bond acceptors (Lipinski definition) is 7. The molecule has 0 unspecified atom stereocenters. The summed E-state index contributed by atoms with van der Waals surface area (Å²) >= 11 is 0. The fraction of sp³-hybridized carbons (Fsp3) is 0.238. The number of nitrogens with zero attached hydrogens (tertiary/aromatic N) is 4. The molecule has 30 heavy (non-hydrogen) atoms. The molecule has 3 rings (SSSR count). The van der Waals surface area contributed by atoms with E-state index in [0.717, 1.165) is 5.56 Å². The average Bonchev–Trinajstić information content (AvgIpc) is 3.32. The van der Waals surface area contributed by atoms with Gasteiger partial charge in [0.1, 0.15) is 30.2 Å². The minimum atomic E-state index is -0.527. The summed E-state index contributed by atoms with van der Waals surface area (Å²) in [5.74, 6) is 0.913. The van der Waals surface area contributed by atoms with Gasteiger partial charge in [0.2, 0.25) is 0 Å². The third-order valence-electron chi connectivity index (χ3n) is 4.38. The molecule has 2 aromatic heterocycles. The van der Waals surface area contributed by atoms with E-state index in [1.165, 1.54) is 18.2 Å². The quantitative estimate of drug-likeness (QED) is 0.525. The molecule has 0 saturated carbocycles. The first-order valence-electron chi connectivity index (χ1n) is 9.06. The maximum atomic E-state index is 13.1. The van der Waals surface area contributed by atoms with Crippen molar-refractivity contribution in [2.45, 2.75) is 6.54 Å². The van der Waals surface area contributed by atoms with Crippen LogP contribution in [0, 0.1) is 0 Å². The van der Waals surface area contributed by atoms with Crippen molar-refractivity contribution in [3.63, 3.8) is 0 Å². The van der Waals surface area contributed by atoms with Crippen molar-refractivity contribution in [2.24, 2.45) is 0 Å². The van der Waals surface area contributed by atoms with Gasteiger partial charge < -0.3 is 19.1 Å². The van der Waals surface area contributed by atoms with Crippen LogP contribution in [0.15, 0.2) is 55.2 Å². The molecule has 0 N–H and O–H groups in total. The minimum Gasteiger partial charge on any atom is -0.497 e. The van der Waals surface area contributed by atoms with Gasteiger partial charge in [-0.05, 0) is 29.8 Å². The lowest BCUT2D eigenvalue weighted by molar-refractivity contribution is -0.141. The number of carbonyl (C=O) groups is 2. The Morgan fingerprint density at radius 2 is 1.80 bits per heavy atom. The second-order valence-electron chi connectivity index (χ2n) is 6.33. The fourth-order valence-electron chi connectivity index (χ4n) is 2.84. The third kappa shape index (κ3) is 4.93. The Morgan fingerprint density at radius 3 is 2.33 bits per heavy atom. The van der Waals surface area contributed by atoms with Crippen molar-refractivity contribution < 1.29 is 23.8 Å². The summed E-state index contributed by atoms with van der Waals surface area (Å²) in [6, 6.07) is 8.65. The summed E-state index contributed by atoms with van der Waals surface area (Å²) < 4.78 is 17.0. The van der Waals surface area contributed by atoms with Crippen LogP contribution in [0.4, 0.5) is 0 Å². The highest BCUT2D eigenvalue weighted by Gasteiger charge is 2.21. The highest BCUT2D eigenvalue weighted by atomic mass is 16.5. The van der Waals surface area contributed by atoms with Crippen LogP contribution in [0.25, 0.3) is 5.82 Å². The summed E-state index contributed by atoms with van der Waals surface area (Å²) in [5, 5.41) is 0. The molecular formula is C21H22N4O5. The number of carbonyl (C=O) groups excluding carboxylic acids is 2. The van der Waals surface area contributed by atoms with E-state index in [1.807, 2.05) is 0 Å². The number of methoxy groups -OCH3 is 3. The van der Waals surface area contributed by atoms with Crippen LogP contribution in [-0.4, -0.2) is 59.2 Å². The molecule has 3 aromatic rings. The molecule has 0 aliphatic heterocycles. The summed E-state index contributed by atoms with van der Waals surface area (Å²) in [6.07, 6.45) is 6.47. The Balaban J connectivity index is 1.86. The lowest BCUT2D eigenvalue weighted by Gasteiger charge is -2.22. The summed E-state index contributed by atoms with van der Waals surface area (Å²) in [7, 11) is 4.37. The Kier molecular flexibility index (Phi) is 6.63. The average molecular weight is 410 g/mol. The van der Waals surface area contributed by atoms with Crippen LogP contribution < -0.4 is 9.47 Å². The molecule has 0 fully saturated rings. The first-order chi connectivity index (χ1) is 14.5. The van der Waals surface area contributed by atoms with Crippen molar-refractivity contribution in [3.05, 3.63) is 66.4 Å². The normalized spacial score (nSPS) is 10.4. The van der Waals surface area contributed by atoms with Gasteiger partial charge in [-0.3, -0.25) is 14.2 Å². The number of amides is 1. The van der Waals surface area contributed by atoms with E-state index in [-0.39, 0.29) is 19.0 Å². The predicted octanol–water partition coefficient (Wildman–Crippen LogP) is 2.10. The summed E-state index contributed by atoms with van der Waals surface area (Å²) in [6.45, 7) is -0.0527. The minimum absolute atomic E-state index is 0.158. The zero-order valence-corrected chi connectivity index (χ0v) is 16.9. The standard InChI is InChI=1S/C21H22N4O5/c1-28-17-8-15(9-18(10-17)29-2)12-25(13-20(26)30-3)21(27)16-4-5-19(23-11-16)24-7-6-22-14-24/h4-11,14H,12-13H2,1-3H3. The third-order valence-corrected chi connectivity index (χ3v) is 4.38. The highest BCUT2D eigenvalue weighted by Crippen LogP contribution is 2.24. The van der Waals surface area contributed by atoms with E-state index in [4.69, 9.17) is 14.2 Å². The lowest BCUT2D eigenvalue weighted by atomic mass is 10.1. The van der Waals surface area contributed by atoms with Crippen molar-refractivity contribution in [1.29, 1.82) is 0 Å². The number of pyridine rings is 1. The number of esters is 1. The Morgan fingerprint density at radius 1 is 1.07 bits per heavy atom. The van der Waals surface area contributed by atoms with Gasteiger partial charge in [-0.25, -0.2) is 9.97 Å². The van der Waals surface area contributed by atoms with Gasteiger partial charge >= 0.3 is 5.97 Å². The van der Waals surface area contributed by atoms with E-state index in [1.54, 1.807) is 67.8 Å². The van der Waals surface area contributed by atoms with Crippen LogP contribution in [0.1, 0.15) is 15.9 Å². The molecular weight excluding hydrogens is 388 g/mol. The molecule has 0 saturated heterocycles. The van der Waals surface area contributed by atoms with E-state index in [0.29, 0.717) is 22.9 Å². The predicted molar refractivity (Wildman–Crippen MR) is 108 cm³/mol. The molecule has 9 heteroatoms. The molecule has 0 radical (unpaired) electrons. The molecule has 0 bridgehead atoms. The molecule has 9 nitrogen and oxygen atoms in total. The molecule has 0 aliphatic carbocycles. The van der Waals surface area contributed by atoms with E-state index >= 15 is 0 Å². The largest absolute Gasteiger partial charge is 0.497 e. The summed E-state index contributed by atoms with van der Waals surface area (Å²) in [4.78, 5) is 34.7. The molecule has 2 heterocycles. The van der Waals surface area contributed by atoms with Gasteiger partial charge in [0, 0.05) is 31.2 Å². The monoisotopic (exact) mass is 410 g/mol. The number of hydrogen-bond donors (Lipinski definition) is 0. The number of benzene rings is 1. The fourth-order valence-corrected chi connectivity index (χ4v) is 2.84. The van der Waals surface area contributed by atoms with Crippen molar-refractivity contribution in [1.82, 2.24) is 19.4 Å². The molecule has 1 amide bonds. The van der Waals surface area contributed by atoms with Crippen LogP contribution in [0.2, 0.25) is 0 Å². The smallest absolute Gasteiger partial charge is 0.325 e. The van der Waals surface area contributed by atoms with Crippen LogP contribution in [0.3, 0.4) is 0 Å². The van der Waals surface area contributed by atoms with E-state index < -0.39 is 5.97 Å². The topological polar surface area (TPSA) is 95.8 Å². The molecule has 0 atom stereocenters. The molecule has 0 aliphatic rings. The SMILES string of the molecule is COC(=O)CN(Cc1cc(OC)cc(OC)c1)C(=O)c1ccc(-n2ccnc2)nc1. The zero-order chi connectivity index (χ0) is 21.5. The number of ether oxygens (including phenoxy) is 3. The van der Waals surface area contributed by atoms with E-state index in [9.17, 15) is 9.59 Å². The maximum Gasteiger partial charge on any atom is 0.325 e. The Bertz CT molecular complexity index is 980. The Hall–Kier alpha value is -3.88. The lowest BCUT2D eigenvalue weighted by Crippen LogP contribution is -2.35. The Labute approximate surface area is 173 Å². The molecule has 0 spiro atoms. The number of rotatable bonds is 8. The van der Waals surface area contributed by atoms with Crippen molar-refractivity contribution in [2.75, 3.05) is 27.9 Å². The van der Waals surface area contributed by atoms with Crippen LogP contribution >= 0.6 is 0 Å². The first-order valence-corrected chi connectivity index (χ1v) is 9.06.